The third-order valence-electron chi connectivity index (χ3n) is 3.38. The zero-order valence-electron chi connectivity index (χ0n) is 10.3. The van der Waals surface area contributed by atoms with Gasteiger partial charge in [0.1, 0.15) is 12.4 Å². The lowest BCUT2D eigenvalue weighted by molar-refractivity contribution is 0.261. The lowest BCUT2D eigenvalue weighted by atomic mass is 9.95. The van der Waals surface area contributed by atoms with Crippen molar-refractivity contribution < 1.29 is 4.74 Å². The van der Waals surface area contributed by atoms with Crippen molar-refractivity contribution in [2.24, 2.45) is 0 Å². The van der Waals surface area contributed by atoms with Gasteiger partial charge in [-0.2, -0.15) is 0 Å². The van der Waals surface area contributed by atoms with E-state index < -0.39 is 0 Å². The fourth-order valence-corrected chi connectivity index (χ4v) is 2.44. The van der Waals surface area contributed by atoms with Gasteiger partial charge in [-0.1, -0.05) is 42.5 Å². The van der Waals surface area contributed by atoms with Crippen LogP contribution in [0.2, 0.25) is 0 Å². The molecule has 18 heavy (non-hydrogen) atoms. The number of fused-ring (bicyclic) bond motifs is 1. The highest BCUT2D eigenvalue weighted by molar-refractivity contribution is 5.32. The molecule has 0 radical (unpaired) electrons. The maximum atomic E-state index is 5.84. The fraction of sp³-hybridized carbons (Fsp3) is 0.250. The molecule has 2 aromatic carbocycles. The lowest BCUT2D eigenvalue weighted by Gasteiger charge is -2.26. The summed E-state index contributed by atoms with van der Waals surface area (Å²) in [5, 5.41) is 3.52. The largest absolute Gasteiger partial charge is 0.492 e. The quantitative estimate of drug-likeness (QED) is 0.889. The predicted molar refractivity (Wildman–Crippen MR) is 72.8 cm³/mol. The minimum absolute atomic E-state index is 0.301. The van der Waals surface area contributed by atoms with Crippen LogP contribution in [0.3, 0.4) is 0 Å². The van der Waals surface area contributed by atoms with Crippen LogP contribution in [0, 0.1) is 0 Å². The maximum Gasteiger partial charge on any atom is 0.119 e. The summed E-state index contributed by atoms with van der Waals surface area (Å²) in [4.78, 5) is 0. The van der Waals surface area contributed by atoms with Crippen LogP contribution in [0.25, 0.3) is 0 Å². The molecule has 92 valence electrons. The summed E-state index contributed by atoms with van der Waals surface area (Å²) in [6, 6.07) is 18.9. The second-order valence-corrected chi connectivity index (χ2v) is 4.58. The van der Waals surface area contributed by atoms with E-state index in [4.69, 9.17) is 4.74 Å². The van der Waals surface area contributed by atoms with Gasteiger partial charge in [0.15, 0.2) is 0 Å². The van der Waals surface area contributed by atoms with Crippen LogP contribution in [-0.4, -0.2) is 13.2 Å². The van der Waals surface area contributed by atoms with Crippen LogP contribution in [0.5, 0.6) is 5.75 Å². The molecule has 1 atom stereocenters. The van der Waals surface area contributed by atoms with E-state index >= 15 is 0 Å². The molecule has 3 rings (SSSR count). The first-order valence-corrected chi connectivity index (χ1v) is 6.42. The van der Waals surface area contributed by atoms with Gasteiger partial charge in [0.25, 0.3) is 0 Å². The van der Waals surface area contributed by atoms with Crippen molar-refractivity contribution in [3.8, 4) is 5.75 Å². The summed E-state index contributed by atoms with van der Waals surface area (Å²) < 4.78 is 5.84. The molecule has 0 saturated carbocycles. The summed E-state index contributed by atoms with van der Waals surface area (Å²) in [6.07, 6.45) is 1.11. The number of hydrogen-bond acceptors (Lipinski definition) is 2. The molecule has 0 spiro atoms. The molecule has 2 heteroatoms. The van der Waals surface area contributed by atoms with E-state index in [0.29, 0.717) is 12.6 Å². The minimum atomic E-state index is 0.301. The van der Waals surface area contributed by atoms with E-state index in [-0.39, 0.29) is 0 Å². The average Bonchev–Trinajstić information content (AvgIpc) is 2.46. The molecule has 2 aromatic rings. The smallest absolute Gasteiger partial charge is 0.119 e. The Bertz CT molecular complexity index is 510. The Morgan fingerprint density at radius 2 is 1.78 bits per heavy atom. The fourth-order valence-electron chi connectivity index (χ4n) is 2.44. The van der Waals surface area contributed by atoms with Gasteiger partial charge in [0, 0.05) is 0 Å². The van der Waals surface area contributed by atoms with Gasteiger partial charge in [0.05, 0.1) is 6.04 Å². The highest BCUT2D eigenvalue weighted by Crippen LogP contribution is 2.23. The molecule has 1 N–H and O–H groups in total. The number of benzene rings is 2. The molecule has 1 aliphatic rings. The topological polar surface area (TPSA) is 21.3 Å². The maximum absolute atomic E-state index is 5.84. The van der Waals surface area contributed by atoms with Gasteiger partial charge >= 0.3 is 0 Å². The van der Waals surface area contributed by atoms with Crippen LogP contribution >= 0.6 is 0 Å². The van der Waals surface area contributed by atoms with E-state index in [1.165, 1.54) is 11.1 Å². The third kappa shape index (κ3) is 2.39. The van der Waals surface area contributed by atoms with E-state index in [1.807, 2.05) is 30.3 Å². The highest BCUT2D eigenvalue weighted by atomic mass is 16.5. The van der Waals surface area contributed by atoms with Crippen molar-refractivity contribution >= 4 is 0 Å². The summed E-state index contributed by atoms with van der Waals surface area (Å²) in [6.45, 7) is 1.71. The van der Waals surface area contributed by atoms with Crippen LogP contribution in [0.1, 0.15) is 17.2 Å². The second-order valence-electron chi connectivity index (χ2n) is 4.58. The Morgan fingerprint density at radius 3 is 2.67 bits per heavy atom. The highest BCUT2D eigenvalue weighted by Gasteiger charge is 2.19. The number of rotatable bonds is 3. The summed E-state index contributed by atoms with van der Waals surface area (Å²) in [7, 11) is 0. The first-order chi connectivity index (χ1) is 8.93. The standard InChI is InChI=1S/C16H17NO/c1-2-7-14(8-3-1)18-12-16-15-9-5-4-6-13(15)10-11-17-16/h1-9,16-17H,10-12H2/t16-/m0/s1. The average molecular weight is 239 g/mol. The Hall–Kier alpha value is -1.80. The Kier molecular flexibility index (Phi) is 3.29. The van der Waals surface area contributed by atoms with E-state index in [2.05, 4.69) is 29.6 Å². The second kappa shape index (κ2) is 5.23. The van der Waals surface area contributed by atoms with Gasteiger partial charge in [-0.3, -0.25) is 0 Å². The molecular formula is C16H17NO. The van der Waals surface area contributed by atoms with E-state index in [9.17, 15) is 0 Å². The monoisotopic (exact) mass is 239 g/mol. The van der Waals surface area contributed by atoms with Crippen molar-refractivity contribution in [3.05, 3.63) is 65.7 Å². The van der Waals surface area contributed by atoms with Crippen LogP contribution in [0.15, 0.2) is 54.6 Å². The molecule has 0 fully saturated rings. The van der Waals surface area contributed by atoms with Gasteiger partial charge < -0.3 is 10.1 Å². The molecule has 0 bridgehead atoms. The molecule has 0 aromatic heterocycles. The van der Waals surface area contributed by atoms with Crippen molar-refractivity contribution in [3.63, 3.8) is 0 Å². The third-order valence-corrected chi connectivity index (χ3v) is 3.38. The van der Waals surface area contributed by atoms with Gasteiger partial charge in [-0.05, 0) is 36.2 Å². The molecule has 0 unspecified atom stereocenters. The SMILES string of the molecule is c1ccc(OC[C@@H]2NCCc3ccccc32)cc1. The molecule has 2 nitrogen and oxygen atoms in total. The van der Waals surface area contributed by atoms with Gasteiger partial charge in [-0.25, -0.2) is 0 Å². The van der Waals surface area contributed by atoms with E-state index in [0.717, 1.165) is 18.7 Å². The molecule has 1 heterocycles. The minimum Gasteiger partial charge on any atom is -0.492 e. The molecular weight excluding hydrogens is 222 g/mol. The van der Waals surface area contributed by atoms with Crippen LogP contribution in [-0.2, 0) is 6.42 Å². The molecule has 1 aliphatic heterocycles. The number of nitrogens with one attached hydrogen (secondary N) is 1. The van der Waals surface area contributed by atoms with Gasteiger partial charge in [-0.15, -0.1) is 0 Å². The van der Waals surface area contributed by atoms with Crippen molar-refractivity contribution in [1.82, 2.24) is 5.32 Å². The molecule has 0 saturated heterocycles. The first-order valence-electron chi connectivity index (χ1n) is 6.42. The Labute approximate surface area is 108 Å². The lowest BCUT2D eigenvalue weighted by Crippen LogP contribution is -2.33. The van der Waals surface area contributed by atoms with E-state index in [1.54, 1.807) is 0 Å². The summed E-state index contributed by atoms with van der Waals surface area (Å²) in [5.41, 5.74) is 2.82. The molecule has 0 aliphatic carbocycles. The first kappa shape index (κ1) is 11.3. The van der Waals surface area contributed by atoms with Crippen molar-refractivity contribution in [2.45, 2.75) is 12.5 Å². The normalized spacial score (nSPS) is 18.1. The Balaban J connectivity index is 1.71. The van der Waals surface area contributed by atoms with Crippen LogP contribution in [0.4, 0.5) is 0 Å². The zero-order valence-corrected chi connectivity index (χ0v) is 10.3. The Morgan fingerprint density at radius 1 is 1.00 bits per heavy atom. The summed E-state index contributed by atoms with van der Waals surface area (Å²) in [5.74, 6) is 0.933. The van der Waals surface area contributed by atoms with Crippen LogP contribution < -0.4 is 10.1 Å². The van der Waals surface area contributed by atoms with Crippen molar-refractivity contribution in [1.29, 1.82) is 0 Å². The number of para-hydroxylation sites is 1. The predicted octanol–water partition coefficient (Wildman–Crippen LogP) is 2.95. The number of ether oxygens (including phenoxy) is 1. The summed E-state index contributed by atoms with van der Waals surface area (Å²) >= 11 is 0. The van der Waals surface area contributed by atoms with Gasteiger partial charge in [0.2, 0.25) is 0 Å². The zero-order chi connectivity index (χ0) is 12.2. The van der Waals surface area contributed by atoms with Crippen molar-refractivity contribution in [2.75, 3.05) is 13.2 Å². The number of hydrogen-bond donors (Lipinski definition) is 1. The molecule has 0 amide bonds.